The van der Waals surface area contributed by atoms with Crippen LogP contribution >= 0.6 is 22.6 Å². The highest BCUT2D eigenvalue weighted by molar-refractivity contribution is 14.1. The number of aromatic carboxylic acids is 1. The summed E-state index contributed by atoms with van der Waals surface area (Å²) in [5.41, 5.74) is 0.210. The van der Waals surface area contributed by atoms with Crippen LogP contribution in [0.3, 0.4) is 0 Å². The number of hydrogen-bond donors (Lipinski definition) is 3. The van der Waals surface area contributed by atoms with Gasteiger partial charge >= 0.3 is 5.97 Å². The van der Waals surface area contributed by atoms with Gasteiger partial charge in [-0.2, -0.15) is 0 Å². The van der Waals surface area contributed by atoms with Crippen LogP contribution in [0.25, 0.3) is 0 Å². The molecule has 0 bridgehead atoms. The molecule has 34 heavy (non-hydrogen) atoms. The van der Waals surface area contributed by atoms with E-state index in [9.17, 15) is 32.7 Å². The first kappa shape index (κ1) is 23.5. The summed E-state index contributed by atoms with van der Waals surface area (Å²) in [4.78, 5) is 50.7. The number of carbonyl (C=O) groups is 4. The quantitative estimate of drug-likeness (QED) is 0.303. The Hall–Kier alpha value is -3.62. The Balaban J connectivity index is 1.63. The van der Waals surface area contributed by atoms with Crippen LogP contribution in [0.15, 0.2) is 65.6 Å². The first-order valence-electron chi connectivity index (χ1n) is 9.47. The molecule has 0 spiro atoms. The summed E-state index contributed by atoms with van der Waals surface area (Å²) in [6, 6.07) is 13.3. The fourth-order valence-corrected chi connectivity index (χ4v) is 4.40. The molecule has 10 nitrogen and oxygen atoms in total. The lowest BCUT2D eigenvalue weighted by atomic mass is 10.0. The van der Waals surface area contributed by atoms with Crippen LogP contribution < -0.4 is 15.4 Å². The highest BCUT2D eigenvalue weighted by atomic mass is 127. The Labute approximate surface area is 206 Å². The monoisotopic (exact) mass is 591 g/mol. The van der Waals surface area contributed by atoms with E-state index < -0.39 is 33.7 Å². The first-order valence-corrected chi connectivity index (χ1v) is 12.1. The fraction of sp³-hybridized carbons (Fsp3) is 0. The van der Waals surface area contributed by atoms with Gasteiger partial charge in [0, 0.05) is 9.13 Å². The molecule has 1 aliphatic heterocycles. The van der Waals surface area contributed by atoms with Crippen LogP contribution in [-0.2, 0) is 10.0 Å². The largest absolute Gasteiger partial charge is 0.478 e. The zero-order valence-electron chi connectivity index (χ0n) is 17.0. The molecule has 0 aliphatic carbocycles. The maximum atomic E-state index is 13.0. The van der Waals surface area contributed by atoms with Crippen LogP contribution in [0.1, 0.15) is 41.4 Å². The molecule has 0 radical (unpaired) electrons. The maximum absolute atomic E-state index is 13.0. The number of halogens is 1. The van der Waals surface area contributed by atoms with Crippen molar-refractivity contribution in [1.29, 1.82) is 0 Å². The molecular weight excluding hydrogens is 577 g/mol. The second-order valence-corrected chi connectivity index (χ2v) is 10.0. The number of hydrogen-bond acceptors (Lipinski definition) is 6. The molecule has 3 amide bonds. The smallest absolute Gasteiger partial charge is 0.337 e. The molecule has 0 aromatic heterocycles. The molecule has 4 rings (SSSR count). The molecular formula is C22H14IN3O7S. The van der Waals surface area contributed by atoms with Gasteiger partial charge in [0.25, 0.3) is 17.7 Å². The van der Waals surface area contributed by atoms with Gasteiger partial charge in [-0.05, 0) is 83.3 Å². The van der Waals surface area contributed by atoms with E-state index in [1.54, 1.807) is 6.07 Å². The number of benzene rings is 3. The molecule has 0 atom stereocenters. The molecule has 4 N–H and O–H groups in total. The second kappa shape index (κ2) is 8.62. The predicted molar refractivity (Wildman–Crippen MR) is 129 cm³/mol. The van der Waals surface area contributed by atoms with Crippen LogP contribution in [0.2, 0.25) is 0 Å². The number of primary sulfonamides is 1. The van der Waals surface area contributed by atoms with E-state index in [4.69, 9.17) is 5.14 Å². The number of anilines is 2. The van der Waals surface area contributed by atoms with E-state index >= 15 is 0 Å². The van der Waals surface area contributed by atoms with E-state index in [1.165, 1.54) is 54.6 Å². The van der Waals surface area contributed by atoms with Crippen LogP contribution in [0.4, 0.5) is 11.4 Å². The third-order valence-corrected chi connectivity index (χ3v) is 6.63. The van der Waals surface area contributed by atoms with E-state index in [1.807, 2.05) is 22.6 Å². The highest BCUT2D eigenvalue weighted by Crippen LogP contribution is 2.30. The number of amides is 3. The van der Waals surface area contributed by atoms with Crippen LogP contribution in [0, 0.1) is 3.57 Å². The summed E-state index contributed by atoms with van der Waals surface area (Å²) in [6.07, 6.45) is 0. The third kappa shape index (κ3) is 4.30. The summed E-state index contributed by atoms with van der Waals surface area (Å²) in [5, 5.41) is 17.0. The average Bonchev–Trinajstić information content (AvgIpc) is 3.03. The lowest BCUT2D eigenvalue weighted by Crippen LogP contribution is -2.29. The number of rotatable bonds is 5. The number of imide groups is 1. The van der Waals surface area contributed by atoms with Gasteiger partial charge in [-0.25, -0.2) is 23.3 Å². The fourth-order valence-electron chi connectivity index (χ4n) is 3.40. The van der Waals surface area contributed by atoms with Crippen molar-refractivity contribution in [3.8, 4) is 0 Å². The van der Waals surface area contributed by atoms with Crippen molar-refractivity contribution in [1.82, 2.24) is 0 Å². The minimum atomic E-state index is -3.95. The first-order chi connectivity index (χ1) is 16.0. The molecule has 172 valence electrons. The van der Waals surface area contributed by atoms with E-state index in [-0.39, 0.29) is 38.5 Å². The van der Waals surface area contributed by atoms with Gasteiger partial charge in [0.2, 0.25) is 10.0 Å². The van der Waals surface area contributed by atoms with Crippen molar-refractivity contribution in [2.75, 3.05) is 10.2 Å². The SMILES string of the molecule is NS(=O)(=O)c1ccc(N2C(=O)c3ccc(C(=O)Nc4ccc(I)cc4C(=O)O)cc3C2=O)cc1. The maximum Gasteiger partial charge on any atom is 0.337 e. The van der Waals surface area contributed by atoms with Crippen molar-refractivity contribution in [3.63, 3.8) is 0 Å². The van der Waals surface area contributed by atoms with Gasteiger partial charge in [0.1, 0.15) is 0 Å². The van der Waals surface area contributed by atoms with Crippen molar-refractivity contribution in [2.45, 2.75) is 4.90 Å². The number of nitrogens with zero attached hydrogens (tertiary/aromatic N) is 1. The van der Waals surface area contributed by atoms with Gasteiger partial charge in [0.15, 0.2) is 0 Å². The Morgan fingerprint density at radius 1 is 0.912 bits per heavy atom. The number of nitrogens with one attached hydrogen (secondary N) is 1. The third-order valence-electron chi connectivity index (χ3n) is 5.03. The van der Waals surface area contributed by atoms with E-state index in [0.29, 0.717) is 3.57 Å². The van der Waals surface area contributed by atoms with Gasteiger partial charge in [-0.1, -0.05) is 0 Å². The standard InChI is InChI=1S/C22H14IN3O7S/c23-12-2-8-18(17(10-12)22(30)31)25-19(27)11-1-7-15-16(9-11)21(29)26(20(15)28)13-3-5-14(6-4-13)34(24,32)33/h1-10H,(H,25,27)(H,30,31)(H2,24,32,33). The predicted octanol–water partition coefficient (Wildman–Crippen LogP) is 2.69. The normalized spacial score (nSPS) is 13.1. The van der Waals surface area contributed by atoms with Gasteiger partial charge in [-0.3, -0.25) is 14.4 Å². The Kier molecular flexibility index (Phi) is 5.97. The van der Waals surface area contributed by atoms with Crippen LogP contribution in [-0.4, -0.2) is 37.2 Å². The molecule has 1 heterocycles. The molecule has 0 fully saturated rings. The summed E-state index contributed by atoms with van der Waals surface area (Å²) in [5.74, 6) is -3.21. The van der Waals surface area contributed by atoms with Crippen molar-refractivity contribution >= 4 is 67.7 Å². The minimum absolute atomic E-state index is 0.0192. The molecule has 1 aliphatic rings. The number of sulfonamides is 1. The molecule has 0 saturated heterocycles. The molecule has 0 saturated carbocycles. The number of fused-ring (bicyclic) bond motifs is 1. The Morgan fingerprint density at radius 2 is 1.56 bits per heavy atom. The number of carboxylic acid groups (broad SMARTS) is 1. The van der Waals surface area contributed by atoms with Crippen molar-refractivity contribution < 1.29 is 32.7 Å². The Morgan fingerprint density at radius 3 is 2.18 bits per heavy atom. The summed E-state index contributed by atoms with van der Waals surface area (Å²) in [6.45, 7) is 0. The van der Waals surface area contributed by atoms with E-state index in [2.05, 4.69) is 5.32 Å². The minimum Gasteiger partial charge on any atom is -0.478 e. The molecule has 3 aromatic carbocycles. The van der Waals surface area contributed by atoms with Crippen LogP contribution in [0.5, 0.6) is 0 Å². The van der Waals surface area contributed by atoms with Crippen molar-refractivity contribution in [3.05, 3.63) is 86.5 Å². The molecule has 0 unspecified atom stereocenters. The topological polar surface area (TPSA) is 164 Å². The number of carbonyl (C=O) groups excluding carboxylic acids is 3. The van der Waals surface area contributed by atoms with Gasteiger partial charge in [-0.15, -0.1) is 0 Å². The average molecular weight is 591 g/mol. The van der Waals surface area contributed by atoms with E-state index in [0.717, 1.165) is 4.90 Å². The van der Waals surface area contributed by atoms with Gasteiger partial charge in [0.05, 0.1) is 33.0 Å². The second-order valence-electron chi connectivity index (χ2n) is 7.19. The zero-order valence-corrected chi connectivity index (χ0v) is 20.0. The summed E-state index contributed by atoms with van der Waals surface area (Å²) < 4.78 is 23.6. The summed E-state index contributed by atoms with van der Waals surface area (Å²) >= 11 is 1.95. The number of carboxylic acids is 1. The van der Waals surface area contributed by atoms with Crippen molar-refractivity contribution in [2.24, 2.45) is 5.14 Å². The molecule has 3 aromatic rings. The lowest BCUT2D eigenvalue weighted by Gasteiger charge is -2.14. The number of nitrogens with two attached hydrogens (primary N) is 1. The molecule has 12 heteroatoms. The Bertz CT molecular complexity index is 1500. The van der Waals surface area contributed by atoms with Gasteiger partial charge < -0.3 is 10.4 Å². The summed E-state index contributed by atoms with van der Waals surface area (Å²) in [7, 11) is -3.95. The highest BCUT2D eigenvalue weighted by Gasteiger charge is 2.37. The zero-order chi connectivity index (χ0) is 24.8. The lowest BCUT2D eigenvalue weighted by molar-refractivity contribution is 0.0697.